The third-order valence-corrected chi connectivity index (χ3v) is 2.59. The molecule has 1 rings (SSSR count). The quantitative estimate of drug-likeness (QED) is 0.834. The molecule has 1 atom stereocenters. The van der Waals surface area contributed by atoms with Crippen LogP contribution in [0, 0.1) is 13.8 Å². The maximum Gasteiger partial charge on any atom is 0.217 e. The first-order valence-corrected chi connectivity index (χ1v) is 5.52. The van der Waals surface area contributed by atoms with E-state index in [0.29, 0.717) is 5.75 Å². The van der Waals surface area contributed by atoms with Gasteiger partial charge in [0.2, 0.25) is 5.91 Å². The number of hydrogen-bond donors (Lipinski definition) is 2. The zero-order chi connectivity index (χ0) is 13.0. The SMILES string of the molecule is COc1c(C)cc(C)cc1C(CO)NC(C)=O. The van der Waals surface area contributed by atoms with Gasteiger partial charge in [-0.05, 0) is 19.4 Å². The van der Waals surface area contributed by atoms with Crippen molar-refractivity contribution in [2.45, 2.75) is 26.8 Å². The summed E-state index contributed by atoms with van der Waals surface area (Å²) in [6.07, 6.45) is 0. The number of aliphatic hydroxyl groups excluding tert-OH is 1. The summed E-state index contributed by atoms with van der Waals surface area (Å²) in [5.41, 5.74) is 2.87. The highest BCUT2D eigenvalue weighted by atomic mass is 16.5. The molecule has 0 heterocycles. The molecule has 0 aromatic heterocycles. The van der Waals surface area contributed by atoms with Gasteiger partial charge < -0.3 is 15.2 Å². The molecular weight excluding hydrogens is 218 g/mol. The van der Waals surface area contributed by atoms with Crippen LogP contribution in [-0.4, -0.2) is 24.7 Å². The van der Waals surface area contributed by atoms with Gasteiger partial charge in [-0.25, -0.2) is 0 Å². The molecule has 94 valence electrons. The Balaban J connectivity index is 3.21. The zero-order valence-electron chi connectivity index (χ0n) is 10.7. The normalized spacial score (nSPS) is 12.1. The van der Waals surface area contributed by atoms with Crippen LogP contribution >= 0.6 is 0 Å². The first kappa shape index (κ1) is 13.5. The average Bonchev–Trinajstić information content (AvgIpc) is 2.24. The summed E-state index contributed by atoms with van der Waals surface area (Å²) < 4.78 is 5.33. The third kappa shape index (κ3) is 3.20. The highest BCUT2D eigenvalue weighted by Crippen LogP contribution is 2.30. The van der Waals surface area contributed by atoms with Gasteiger partial charge in [0, 0.05) is 12.5 Å². The van der Waals surface area contributed by atoms with Crippen LogP contribution in [0.5, 0.6) is 5.75 Å². The Labute approximate surface area is 102 Å². The lowest BCUT2D eigenvalue weighted by molar-refractivity contribution is -0.120. The van der Waals surface area contributed by atoms with E-state index in [2.05, 4.69) is 5.32 Å². The maximum atomic E-state index is 11.1. The van der Waals surface area contributed by atoms with E-state index < -0.39 is 6.04 Å². The molecule has 0 spiro atoms. The minimum atomic E-state index is -0.430. The van der Waals surface area contributed by atoms with E-state index in [1.54, 1.807) is 7.11 Å². The maximum absolute atomic E-state index is 11.1. The lowest BCUT2D eigenvalue weighted by Crippen LogP contribution is -2.29. The highest BCUT2D eigenvalue weighted by Gasteiger charge is 2.18. The minimum absolute atomic E-state index is 0.154. The highest BCUT2D eigenvalue weighted by molar-refractivity contribution is 5.73. The van der Waals surface area contributed by atoms with Crippen molar-refractivity contribution in [2.75, 3.05) is 13.7 Å². The molecular formula is C13H19NO3. The predicted octanol–water partition coefficient (Wildman–Crippen LogP) is 1.48. The van der Waals surface area contributed by atoms with Crippen molar-refractivity contribution >= 4 is 5.91 Å². The Morgan fingerprint density at radius 3 is 2.59 bits per heavy atom. The van der Waals surface area contributed by atoms with E-state index in [4.69, 9.17) is 4.74 Å². The largest absolute Gasteiger partial charge is 0.496 e. The molecule has 4 heteroatoms. The molecule has 0 aliphatic heterocycles. The van der Waals surface area contributed by atoms with Crippen molar-refractivity contribution in [2.24, 2.45) is 0 Å². The number of hydrogen-bond acceptors (Lipinski definition) is 3. The van der Waals surface area contributed by atoms with Gasteiger partial charge in [-0.1, -0.05) is 17.7 Å². The first-order valence-electron chi connectivity index (χ1n) is 5.52. The molecule has 1 aromatic rings. The molecule has 4 nitrogen and oxygen atoms in total. The summed E-state index contributed by atoms with van der Waals surface area (Å²) >= 11 is 0. The molecule has 0 bridgehead atoms. The van der Waals surface area contributed by atoms with Crippen LogP contribution in [-0.2, 0) is 4.79 Å². The number of rotatable bonds is 4. The third-order valence-electron chi connectivity index (χ3n) is 2.59. The summed E-state index contributed by atoms with van der Waals surface area (Å²) in [7, 11) is 1.59. The van der Waals surface area contributed by atoms with Crippen molar-refractivity contribution in [3.8, 4) is 5.75 Å². The number of carbonyl (C=O) groups excluding carboxylic acids is 1. The second kappa shape index (κ2) is 5.68. The fourth-order valence-electron chi connectivity index (χ4n) is 1.99. The Kier molecular flexibility index (Phi) is 4.52. The summed E-state index contributed by atoms with van der Waals surface area (Å²) in [6.45, 7) is 5.19. The van der Waals surface area contributed by atoms with Crippen LogP contribution in [0.2, 0.25) is 0 Å². The van der Waals surface area contributed by atoms with Gasteiger partial charge in [0.15, 0.2) is 0 Å². The number of aliphatic hydroxyl groups is 1. The first-order chi connectivity index (χ1) is 7.99. The van der Waals surface area contributed by atoms with Crippen LogP contribution in [0.3, 0.4) is 0 Å². The Bertz CT molecular complexity index is 415. The smallest absolute Gasteiger partial charge is 0.217 e. The molecule has 0 fully saturated rings. The number of benzene rings is 1. The number of methoxy groups -OCH3 is 1. The predicted molar refractivity (Wildman–Crippen MR) is 66.1 cm³/mol. The van der Waals surface area contributed by atoms with Gasteiger partial charge >= 0.3 is 0 Å². The number of carbonyl (C=O) groups is 1. The van der Waals surface area contributed by atoms with Crippen molar-refractivity contribution in [3.05, 3.63) is 28.8 Å². The molecule has 1 aromatic carbocycles. The van der Waals surface area contributed by atoms with Gasteiger partial charge in [-0.15, -0.1) is 0 Å². The molecule has 0 saturated carbocycles. The fourth-order valence-corrected chi connectivity index (χ4v) is 1.99. The second-order valence-electron chi connectivity index (χ2n) is 4.14. The second-order valence-corrected chi connectivity index (χ2v) is 4.14. The van der Waals surface area contributed by atoms with Crippen molar-refractivity contribution in [1.82, 2.24) is 5.32 Å². The zero-order valence-corrected chi connectivity index (χ0v) is 10.7. The van der Waals surface area contributed by atoms with Gasteiger partial charge in [0.25, 0.3) is 0 Å². The standard InChI is InChI=1S/C13H19NO3/c1-8-5-9(2)13(17-4)11(6-8)12(7-15)14-10(3)16/h5-6,12,15H,7H2,1-4H3,(H,14,16). The van der Waals surface area contributed by atoms with E-state index in [-0.39, 0.29) is 12.5 Å². The summed E-state index contributed by atoms with van der Waals surface area (Å²) in [5.74, 6) is 0.536. The van der Waals surface area contributed by atoms with Crippen LogP contribution in [0.4, 0.5) is 0 Å². The summed E-state index contributed by atoms with van der Waals surface area (Å²) in [6, 6.07) is 3.49. The molecule has 0 saturated heterocycles. The van der Waals surface area contributed by atoms with Crippen LogP contribution in [0.15, 0.2) is 12.1 Å². The van der Waals surface area contributed by atoms with Crippen molar-refractivity contribution in [1.29, 1.82) is 0 Å². The van der Waals surface area contributed by atoms with E-state index in [1.807, 2.05) is 26.0 Å². The molecule has 0 aliphatic rings. The number of ether oxygens (including phenoxy) is 1. The van der Waals surface area contributed by atoms with E-state index in [1.165, 1.54) is 6.92 Å². The Morgan fingerprint density at radius 2 is 2.12 bits per heavy atom. The van der Waals surface area contributed by atoms with Crippen LogP contribution in [0.25, 0.3) is 0 Å². The van der Waals surface area contributed by atoms with Gasteiger partial charge in [0.1, 0.15) is 5.75 Å². The molecule has 17 heavy (non-hydrogen) atoms. The van der Waals surface area contributed by atoms with E-state index in [0.717, 1.165) is 16.7 Å². The van der Waals surface area contributed by atoms with Gasteiger partial charge in [0.05, 0.1) is 19.8 Å². The number of aryl methyl sites for hydroxylation is 2. The lowest BCUT2D eigenvalue weighted by Gasteiger charge is -2.20. The van der Waals surface area contributed by atoms with Gasteiger partial charge in [-0.2, -0.15) is 0 Å². The lowest BCUT2D eigenvalue weighted by atomic mass is 10.00. The molecule has 2 N–H and O–H groups in total. The van der Waals surface area contributed by atoms with Crippen molar-refractivity contribution in [3.63, 3.8) is 0 Å². The summed E-state index contributed by atoms with van der Waals surface area (Å²) in [4.78, 5) is 11.1. The number of nitrogens with one attached hydrogen (secondary N) is 1. The summed E-state index contributed by atoms with van der Waals surface area (Å²) in [5, 5.41) is 12.1. The minimum Gasteiger partial charge on any atom is -0.496 e. The number of amides is 1. The van der Waals surface area contributed by atoms with Crippen LogP contribution in [0.1, 0.15) is 29.7 Å². The van der Waals surface area contributed by atoms with E-state index in [9.17, 15) is 9.90 Å². The van der Waals surface area contributed by atoms with Crippen LogP contribution < -0.4 is 10.1 Å². The molecule has 1 amide bonds. The topological polar surface area (TPSA) is 58.6 Å². The van der Waals surface area contributed by atoms with Crippen molar-refractivity contribution < 1.29 is 14.6 Å². The fraction of sp³-hybridized carbons (Fsp3) is 0.462. The molecule has 0 aliphatic carbocycles. The Hall–Kier alpha value is -1.55. The van der Waals surface area contributed by atoms with E-state index >= 15 is 0 Å². The van der Waals surface area contributed by atoms with Gasteiger partial charge in [-0.3, -0.25) is 4.79 Å². The molecule has 1 unspecified atom stereocenters. The molecule has 0 radical (unpaired) electrons. The average molecular weight is 237 g/mol. The Morgan fingerprint density at radius 1 is 1.47 bits per heavy atom. The monoisotopic (exact) mass is 237 g/mol.